The Labute approximate surface area is 125 Å². The van der Waals surface area contributed by atoms with Crippen molar-refractivity contribution in [3.63, 3.8) is 0 Å². The minimum absolute atomic E-state index is 0.0274. The summed E-state index contributed by atoms with van der Waals surface area (Å²) in [6.07, 6.45) is 0. The monoisotopic (exact) mass is 330 g/mol. The molecule has 0 aliphatic rings. The van der Waals surface area contributed by atoms with Crippen molar-refractivity contribution in [1.82, 2.24) is 9.88 Å². The largest absolute Gasteiger partial charge is 0.477 e. The summed E-state index contributed by atoms with van der Waals surface area (Å²) in [4.78, 5) is 10.8. The van der Waals surface area contributed by atoms with Gasteiger partial charge in [0.2, 0.25) is 0 Å². The number of rotatable bonds is 5. The van der Waals surface area contributed by atoms with E-state index in [1.54, 1.807) is 20.8 Å². The van der Waals surface area contributed by atoms with E-state index >= 15 is 0 Å². The van der Waals surface area contributed by atoms with Crippen LogP contribution in [-0.4, -0.2) is 24.7 Å². The molecule has 0 bridgehead atoms. The van der Waals surface area contributed by atoms with Crippen LogP contribution in [0.3, 0.4) is 0 Å². The maximum absolute atomic E-state index is 12.3. The summed E-state index contributed by atoms with van der Waals surface area (Å²) in [5.74, 6) is -0.611. The number of carboxylic acid groups (broad SMARTS) is 1. The van der Waals surface area contributed by atoms with E-state index in [0.29, 0.717) is 28.4 Å². The molecule has 1 atom stereocenters. The Morgan fingerprint density at radius 2 is 2.10 bits per heavy atom. The molecule has 0 saturated carbocycles. The third kappa shape index (κ3) is 3.14. The first-order valence-electron chi connectivity index (χ1n) is 6.00. The maximum atomic E-state index is 12.3. The minimum Gasteiger partial charge on any atom is -0.477 e. The number of carboxylic acids is 1. The molecule has 2 aromatic rings. The number of aromatic nitrogens is 1. The number of nitrogens with zero attached hydrogens (tertiary/aromatic N) is 1. The van der Waals surface area contributed by atoms with Crippen LogP contribution < -0.4 is 4.72 Å². The lowest BCUT2D eigenvalue weighted by molar-refractivity contribution is 0.0702. The van der Waals surface area contributed by atoms with Crippen molar-refractivity contribution < 1.29 is 22.8 Å². The van der Waals surface area contributed by atoms with Crippen LogP contribution in [0.2, 0.25) is 0 Å². The smallest absolute Gasteiger partial charge is 0.345 e. The van der Waals surface area contributed by atoms with Gasteiger partial charge in [-0.2, -0.15) is 0 Å². The van der Waals surface area contributed by atoms with Crippen molar-refractivity contribution >= 4 is 27.3 Å². The Morgan fingerprint density at radius 1 is 1.43 bits per heavy atom. The van der Waals surface area contributed by atoms with Crippen LogP contribution in [0, 0.1) is 13.8 Å². The average molecular weight is 330 g/mol. The molecule has 2 N–H and O–H groups in total. The first-order valence-corrected chi connectivity index (χ1v) is 8.30. The van der Waals surface area contributed by atoms with Crippen molar-refractivity contribution in [2.75, 3.05) is 0 Å². The van der Waals surface area contributed by atoms with E-state index in [4.69, 9.17) is 9.63 Å². The van der Waals surface area contributed by atoms with Gasteiger partial charge in [0.05, 0.1) is 5.69 Å². The van der Waals surface area contributed by atoms with Crippen molar-refractivity contribution in [3.05, 3.63) is 34.0 Å². The molecule has 0 saturated heterocycles. The van der Waals surface area contributed by atoms with Crippen molar-refractivity contribution in [3.8, 4) is 0 Å². The van der Waals surface area contributed by atoms with Crippen LogP contribution in [0.15, 0.2) is 20.9 Å². The van der Waals surface area contributed by atoms with Crippen molar-refractivity contribution in [2.24, 2.45) is 0 Å². The van der Waals surface area contributed by atoms with Crippen molar-refractivity contribution in [2.45, 2.75) is 31.0 Å². The van der Waals surface area contributed by atoms with Crippen LogP contribution in [0.1, 0.15) is 39.7 Å². The van der Waals surface area contributed by atoms with E-state index in [2.05, 4.69) is 9.88 Å². The Kier molecular flexibility index (Phi) is 4.17. The molecular formula is C12H14N2O5S2. The summed E-state index contributed by atoms with van der Waals surface area (Å²) in [5.41, 5.74) is 1.29. The third-order valence-electron chi connectivity index (χ3n) is 2.91. The van der Waals surface area contributed by atoms with Gasteiger partial charge in [-0.1, -0.05) is 5.16 Å². The third-order valence-corrected chi connectivity index (χ3v) is 6.02. The summed E-state index contributed by atoms with van der Waals surface area (Å²) in [6, 6.07) is 2.01. The number of nitrogens with one attached hydrogen (secondary N) is 1. The quantitative estimate of drug-likeness (QED) is 0.868. The Hall–Kier alpha value is -1.71. The van der Waals surface area contributed by atoms with E-state index in [0.717, 1.165) is 0 Å². The molecule has 9 heteroatoms. The predicted octanol–water partition coefficient (Wildman–Crippen LogP) is 2.09. The molecule has 0 spiro atoms. The van der Waals surface area contributed by atoms with Gasteiger partial charge in [0.25, 0.3) is 10.0 Å². The van der Waals surface area contributed by atoms with E-state index < -0.39 is 22.0 Å². The second-order valence-electron chi connectivity index (χ2n) is 4.50. The lowest BCUT2D eigenvalue weighted by Crippen LogP contribution is -2.26. The summed E-state index contributed by atoms with van der Waals surface area (Å²) in [5, 5.41) is 12.6. The first-order chi connectivity index (χ1) is 9.72. The summed E-state index contributed by atoms with van der Waals surface area (Å²) in [7, 11) is -3.80. The lowest BCUT2D eigenvalue weighted by atomic mass is 10.1. The average Bonchev–Trinajstić information content (AvgIpc) is 2.96. The highest BCUT2D eigenvalue weighted by atomic mass is 32.2. The van der Waals surface area contributed by atoms with E-state index in [-0.39, 0.29) is 9.09 Å². The van der Waals surface area contributed by atoms with E-state index in [9.17, 15) is 13.2 Å². The summed E-state index contributed by atoms with van der Waals surface area (Å²) >= 11 is 0.706. The lowest BCUT2D eigenvalue weighted by Gasteiger charge is -2.13. The summed E-state index contributed by atoms with van der Waals surface area (Å²) in [6.45, 7) is 5.11. The topological polar surface area (TPSA) is 110 Å². The van der Waals surface area contributed by atoms with Gasteiger partial charge in [-0.05, 0) is 32.9 Å². The van der Waals surface area contributed by atoms with Gasteiger partial charge in [0.15, 0.2) is 0 Å². The number of sulfonamides is 1. The predicted molar refractivity (Wildman–Crippen MR) is 76.0 cm³/mol. The molecule has 21 heavy (non-hydrogen) atoms. The fourth-order valence-electron chi connectivity index (χ4n) is 2.04. The van der Waals surface area contributed by atoms with Gasteiger partial charge < -0.3 is 9.63 Å². The van der Waals surface area contributed by atoms with Gasteiger partial charge in [-0.3, -0.25) is 0 Å². The van der Waals surface area contributed by atoms with Gasteiger partial charge in [0.1, 0.15) is 14.8 Å². The highest BCUT2D eigenvalue weighted by Crippen LogP contribution is 2.26. The molecule has 0 aromatic carbocycles. The Morgan fingerprint density at radius 3 is 2.57 bits per heavy atom. The SMILES string of the molecule is Cc1noc(C)c1C(C)NS(=O)(=O)c1ccc(C(=O)O)s1. The molecule has 0 aliphatic heterocycles. The highest BCUT2D eigenvalue weighted by molar-refractivity contribution is 7.91. The minimum atomic E-state index is -3.80. The molecule has 2 heterocycles. The fourth-order valence-corrected chi connectivity index (χ4v) is 4.41. The van der Waals surface area contributed by atoms with E-state index in [1.807, 2.05) is 0 Å². The number of aromatic carboxylic acids is 1. The molecule has 2 rings (SSSR count). The van der Waals surface area contributed by atoms with Crippen molar-refractivity contribution in [1.29, 1.82) is 0 Å². The normalized spacial score (nSPS) is 13.3. The Bertz CT molecular complexity index is 756. The van der Waals surface area contributed by atoms with Crippen LogP contribution in [0.25, 0.3) is 0 Å². The Balaban J connectivity index is 2.26. The van der Waals surface area contributed by atoms with Crippen LogP contribution >= 0.6 is 11.3 Å². The second kappa shape index (κ2) is 5.58. The molecule has 0 amide bonds. The molecule has 1 unspecified atom stereocenters. The van der Waals surface area contributed by atoms with Gasteiger partial charge in [-0.15, -0.1) is 11.3 Å². The number of hydrogen-bond donors (Lipinski definition) is 2. The number of aryl methyl sites for hydroxylation is 2. The van der Waals surface area contributed by atoms with Gasteiger partial charge in [-0.25, -0.2) is 17.9 Å². The zero-order valence-electron chi connectivity index (χ0n) is 11.6. The molecule has 2 aromatic heterocycles. The second-order valence-corrected chi connectivity index (χ2v) is 7.53. The molecule has 0 aliphatic carbocycles. The van der Waals surface area contributed by atoms with Crippen LogP contribution in [-0.2, 0) is 10.0 Å². The first kappa shape index (κ1) is 15.7. The van der Waals surface area contributed by atoms with Gasteiger partial charge in [0, 0.05) is 11.6 Å². The highest BCUT2D eigenvalue weighted by Gasteiger charge is 2.25. The van der Waals surface area contributed by atoms with Gasteiger partial charge >= 0.3 is 5.97 Å². The fraction of sp³-hybridized carbons (Fsp3) is 0.333. The maximum Gasteiger partial charge on any atom is 0.345 e. The molecular weight excluding hydrogens is 316 g/mol. The zero-order valence-corrected chi connectivity index (χ0v) is 13.2. The zero-order chi connectivity index (χ0) is 15.8. The summed E-state index contributed by atoms with van der Waals surface area (Å²) < 4.78 is 32.0. The van der Waals surface area contributed by atoms with Crippen LogP contribution in [0.5, 0.6) is 0 Å². The molecule has 0 fully saturated rings. The molecule has 114 valence electrons. The standard InChI is InChI=1S/C12H14N2O5S2/c1-6-11(8(3)19-13-6)7(2)14-21(17,18)10-5-4-9(20-10)12(15)16/h4-5,7,14H,1-3H3,(H,15,16). The number of hydrogen-bond acceptors (Lipinski definition) is 6. The molecule has 7 nitrogen and oxygen atoms in total. The van der Waals surface area contributed by atoms with E-state index in [1.165, 1.54) is 12.1 Å². The number of thiophene rings is 1. The molecule has 0 radical (unpaired) electrons. The van der Waals surface area contributed by atoms with Crippen LogP contribution in [0.4, 0.5) is 0 Å². The number of carbonyl (C=O) groups is 1.